The van der Waals surface area contributed by atoms with Crippen molar-refractivity contribution in [3.63, 3.8) is 0 Å². The minimum Gasteiger partial charge on any atom is -0.387 e. The molecule has 0 fully saturated rings. The molecule has 114 valence electrons. The Hall–Kier alpha value is -1.42. The number of hydrogen-bond donors (Lipinski definition) is 1. The van der Waals surface area contributed by atoms with Crippen LogP contribution in [0.25, 0.3) is 10.8 Å². The minimum absolute atomic E-state index is 0.301. The van der Waals surface area contributed by atoms with Gasteiger partial charge in [0.15, 0.2) is 0 Å². The van der Waals surface area contributed by atoms with Crippen LogP contribution in [0.5, 0.6) is 0 Å². The molecule has 0 amide bonds. The molecule has 0 heterocycles. The van der Waals surface area contributed by atoms with Crippen molar-refractivity contribution in [2.24, 2.45) is 0 Å². The molecule has 0 saturated carbocycles. The molecule has 2 unspecified atom stereocenters. The van der Waals surface area contributed by atoms with Crippen LogP contribution in [0.3, 0.4) is 0 Å². The fourth-order valence-corrected chi connectivity index (χ4v) is 2.71. The fraction of sp³-hybridized carbons (Fsp3) is 0.444. The summed E-state index contributed by atoms with van der Waals surface area (Å²) >= 11 is 0. The zero-order valence-corrected chi connectivity index (χ0v) is 13.1. The van der Waals surface area contributed by atoms with Crippen molar-refractivity contribution in [2.75, 3.05) is 26.8 Å². The number of methoxy groups -OCH3 is 1. The molecule has 2 aromatic rings. The molecular formula is C18H25NO2. The normalized spacial score (nSPS) is 14.5. The predicted octanol–water partition coefficient (Wildman–Crippen LogP) is 3.23. The monoisotopic (exact) mass is 287 g/mol. The third-order valence-corrected chi connectivity index (χ3v) is 4.00. The van der Waals surface area contributed by atoms with Crippen LogP contribution < -0.4 is 0 Å². The van der Waals surface area contributed by atoms with E-state index < -0.39 is 6.10 Å². The Morgan fingerprint density at radius 1 is 1.14 bits per heavy atom. The molecule has 3 nitrogen and oxygen atoms in total. The number of aliphatic hydroxyl groups is 1. The first-order valence-electron chi connectivity index (χ1n) is 7.55. The molecule has 2 atom stereocenters. The third kappa shape index (κ3) is 4.03. The molecule has 1 N–H and O–H groups in total. The van der Waals surface area contributed by atoms with E-state index in [1.165, 1.54) is 10.8 Å². The molecule has 0 bridgehead atoms. The maximum Gasteiger partial charge on any atom is 0.0917 e. The van der Waals surface area contributed by atoms with Gasteiger partial charge in [0, 0.05) is 19.7 Å². The maximum absolute atomic E-state index is 10.5. The van der Waals surface area contributed by atoms with Gasteiger partial charge in [-0.05, 0) is 35.9 Å². The molecule has 0 aliphatic heterocycles. The zero-order chi connectivity index (χ0) is 15.2. The van der Waals surface area contributed by atoms with Crippen LogP contribution in [0.2, 0.25) is 0 Å². The topological polar surface area (TPSA) is 32.7 Å². The molecule has 2 rings (SSSR count). The number of nitrogens with zero attached hydrogens (tertiary/aromatic N) is 1. The van der Waals surface area contributed by atoms with Gasteiger partial charge in [-0.3, -0.25) is 4.90 Å². The van der Waals surface area contributed by atoms with Gasteiger partial charge < -0.3 is 9.84 Å². The van der Waals surface area contributed by atoms with Crippen molar-refractivity contribution in [3.05, 3.63) is 48.0 Å². The zero-order valence-electron chi connectivity index (χ0n) is 13.1. The molecule has 0 aliphatic rings. The highest BCUT2D eigenvalue weighted by molar-refractivity contribution is 5.83. The number of aliphatic hydroxyl groups excluding tert-OH is 1. The number of likely N-dealkylation sites (N-methyl/N-ethyl adjacent to an activating group) is 1. The Balaban J connectivity index is 2.11. The Labute approximate surface area is 127 Å². The number of benzene rings is 2. The second kappa shape index (κ2) is 7.55. The lowest BCUT2D eigenvalue weighted by Gasteiger charge is -2.29. The summed E-state index contributed by atoms with van der Waals surface area (Å²) in [7, 11) is 1.71. The van der Waals surface area contributed by atoms with Crippen LogP contribution in [-0.2, 0) is 4.74 Å². The highest BCUT2D eigenvalue weighted by atomic mass is 16.5. The van der Waals surface area contributed by atoms with E-state index in [0.29, 0.717) is 19.2 Å². The van der Waals surface area contributed by atoms with Crippen molar-refractivity contribution in [1.82, 2.24) is 4.90 Å². The SMILES string of the molecule is CCN(CC(O)c1ccc2ccccc2c1)C(C)COC. The summed E-state index contributed by atoms with van der Waals surface area (Å²) in [5.41, 5.74) is 0.969. The Morgan fingerprint density at radius 3 is 2.52 bits per heavy atom. The standard InChI is InChI=1S/C18H25NO2/c1-4-19(14(2)13-21-3)12-18(20)17-10-9-15-7-5-6-8-16(15)11-17/h5-11,14,18,20H,4,12-13H2,1-3H3. The van der Waals surface area contributed by atoms with Crippen LogP contribution in [0, 0.1) is 0 Å². The summed E-state index contributed by atoms with van der Waals surface area (Å²) in [5.74, 6) is 0. The molecule has 3 heteroatoms. The van der Waals surface area contributed by atoms with Gasteiger partial charge >= 0.3 is 0 Å². The van der Waals surface area contributed by atoms with Crippen LogP contribution in [0.4, 0.5) is 0 Å². The van der Waals surface area contributed by atoms with Crippen LogP contribution >= 0.6 is 0 Å². The van der Waals surface area contributed by atoms with Crippen molar-refractivity contribution in [1.29, 1.82) is 0 Å². The Kier molecular flexibility index (Phi) is 5.74. The van der Waals surface area contributed by atoms with Crippen molar-refractivity contribution in [2.45, 2.75) is 26.0 Å². The molecule has 0 aromatic heterocycles. The molecule has 2 aromatic carbocycles. The Bertz CT molecular complexity index is 570. The fourth-order valence-electron chi connectivity index (χ4n) is 2.71. The van der Waals surface area contributed by atoms with Gasteiger partial charge in [-0.1, -0.05) is 43.3 Å². The van der Waals surface area contributed by atoms with Gasteiger partial charge in [0.1, 0.15) is 0 Å². The van der Waals surface area contributed by atoms with Crippen molar-refractivity contribution in [3.8, 4) is 0 Å². The number of fused-ring (bicyclic) bond motifs is 1. The molecule has 21 heavy (non-hydrogen) atoms. The second-order valence-electron chi connectivity index (χ2n) is 5.51. The molecular weight excluding hydrogens is 262 g/mol. The van der Waals surface area contributed by atoms with Gasteiger partial charge in [0.2, 0.25) is 0 Å². The first-order valence-corrected chi connectivity index (χ1v) is 7.55. The molecule has 0 saturated heterocycles. The lowest BCUT2D eigenvalue weighted by atomic mass is 10.0. The highest BCUT2D eigenvalue weighted by Gasteiger charge is 2.17. The van der Waals surface area contributed by atoms with Gasteiger partial charge in [-0.25, -0.2) is 0 Å². The van der Waals surface area contributed by atoms with Crippen LogP contribution in [-0.4, -0.2) is 42.9 Å². The lowest BCUT2D eigenvalue weighted by molar-refractivity contribution is 0.0582. The van der Waals surface area contributed by atoms with Gasteiger partial charge in [0.05, 0.1) is 12.7 Å². The van der Waals surface area contributed by atoms with E-state index in [1.54, 1.807) is 7.11 Å². The van der Waals surface area contributed by atoms with Crippen LogP contribution in [0.1, 0.15) is 25.5 Å². The highest BCUT2D eigenvalue weighted by Crippen LogP contribution is 2.21. The predicted molar refractivity (Wildman–Crippen MR) is 87.5 cm³/mol. The minimum atomic E-state index is -0.478. The summed E-state index contributed by atoms with van der Waals surface area (Å²) in [5, 5.41) is 12.9. The second-order valence-corrected chi connectivity index (χ2v) is 5.51. The number of ether oxygens (including phenoxy) is 1. The third-order valence-electron chi connectivity index (χ3n) is 4.00. The molecule has 0 spiro atoms. The summed E-state index contributed by atoms with van der Waals surface area (Å²) in [6, 6.07) is 14.7. The average Bonchev–Trinajstić information content (AvgIpc) is 2.52. The summed E-state index contributed by atoms with van der Waals surface area (Å²) in [6.07, 6.45) is -0.478. The molecule has 0 aliphatic carbocycles. The Morgan fingerprint density at radius 2 is 1.86 bits per heavy atom. The number of hydrogen-bond acceptors (Lipinski definition) is 3. The van der Waals surface area contributed by atoms with E-state index in [4.69, 9.17) is 4.74 Å². The van der Waals surface area contributed by atoms with Crippen molar-refractivity contribution < 1.29 is 9.84 Å². The van der Waals surface area contributed by atoms with E-state index >= 15 is 0 Å². The number of rotatable bonds is 7. The smallest absolute Gasteiger partial charge is 0.0917 e. The first-order chi connectivity index (χ1) is 10.2. The van der Waals surface area contributed by atoms with Gasteiger partial charge in [-0.2, -0.15) is 0 Å². The summed E-state index contributed by atoms with van der Waals surface area (Å²) in [4.78, 5) is 2.24. The summed E-state index contributed by atoms with van der Waals surface area (Å²) < 4.78 is 5.21. The van der Waals surface area contributed by atoms with Crippen molar-refractivity contribution >= 4 is 10.8 Å². The molecule has 0 radical (unpaired) electrons. The lowest BCUT2D eigenvalue weighted by Crippen LogP contribution is -2.38. The maximum atomic E-state index is 10.5. The van der Waals surface area contributed by atoms with Gasteiger partial charge in [-0.15, -0.1) is 0 Å². The summed E-state index contributed by atoms with van der Waals surface area (Å²) in [6.45, 7) is 6.44. The van der Waals surface area contributed by atoms with E-state index in [9.17, 15) is 5.11 Å². The van der Waals surface area contributed by atoms with Gasteiger partial charge in [0.25, 0.3) is 0 Å². The van der Waals surface area contributed by atoms with Crippen LogP contribution in [0.15, 0.2) is 42.5 Å². The quantitative estimate of drug-likeness (QED) is 0.848. The largest absolute Gasteiger partial charge is 0.387 e. The van der Waals surface area contributed by atoms with E-state index in [1.807, 2.05) is 18.2 Å². The van der Waals surface area contributed by atoms with E-state index in [2.05, 4.69) is 43.0 Å². The first kappa shape index (κ1) is 16.0. The van der Waals surface area contributed by atoms with E-state index in [0.717, 1.165) is 12.1 Å². The average molecular weight is 287 g/mol. The van der Waals surface area contributed by atoms with E-state index in [-0.39, 0.29) is 0 Å².